The molecule has 0 saturated heterocycles. The zero-order chi connectivity index (χ0) is 9.54. The van der Waals surface area contributed by atoms with Gasteiger partial charge in [0, 0.05) is 29.3 Å². The molecular formula is C12H13BrIN. The summed E-state index contributed by atoms with van der Waals surface area (Å²) in [5, 5.41) is 0. The van der Waals surface area contributed by atoms with E-state index in [1.807, 2.05) is 0 Å². The molecule has 2 heterocycles. The molecule has 0 amide bonds. The first-order chi connectivity index (χ1) is 6.84. The quantitative estimate of drug-likeness (QED) is 0.428. The molecule has 0 spiro atoms. The van der Waals surface area contributed by atoms with E-state index in [-0.39, 0.29) is 24.0 Å². The summed E-state index contributed by atoms with van der Waals surface area (Å²) in [7, 11) is 0. The van der Waals surface area contributed by atoms with E-state index >= 15 is 0 Å². The number of hydrogen-bond donors (Lipinski definition) is 0. The van der Waals surface area contributed by atoms with Crippen LogP contribution in [0.5, 0.6) is 0 Å². The molecule has 0 aliphatic carbocycles. The SMILES string of the molecule is Brc1ccc2c(c1)C1=[N+](CCC1)CC2.[I-]. The van der Waals surface area contributed by atoms with Gasteiger partial charge in [-0.25, -0.2) is 4.58 Å². The van der Waals surface area contributed by atoms with Gasteiger partial charge in [-0.1, -0.05) is 22.0 Å². The number of rotatable bonds is 0. The smallest absolute Gasteiger partial charge is 0.183 e. The average molecular weight is 378 g/mol. The van der Waals surface area contributed by atoms with Gasteiger partial charge in [0.15, 0.2) is 5.71 Å². The third-order valence-corrected chi connectivity index (χ3v) is 3.75. The van der Waals surface area contributed by atoms with E-state index < -0.39 is 0 Å². The number of halogens is 2. The van der Waals surface area contributed by atoms with Crippen LogP contribution >= 0.6 is 15.9 Å². The highest BCUT2D eigenvalue weighted by Gasteiger charge is 2.29. The van der Waals surface area contributed by atoms with Gasteiger partial charge in [0.2, 0.25) is 0 Å². The summed E-state index contributed by atoms with van der Waals surface area (Å²) in [5.41, 5.74) is 4.59. The minimum atomic E-state index is 0. The molecular weight excluding hydrogens is 365 g/mol. The molecule has 3 heteroatoms. The van der Waals surface area contributed by atoms with Gasteiger partial charge >= 0.3 is 0 Å². The van der Waals surface area contributed by atoms with Crippen molar-refractivity contribution < 1.29 is 28.6 Å². The highest BCUT2D eigenvalue weighted by Crippen LogP contribution is 2.25. The molecule has 15 heavy (non-hydrogen) atoms. The number of benzene rings is 1. The van der Waals surface area contributed by atoms with Crippen molar-refractivity contribution in [2.45, 2.75) is 19.3 Å². The topological polar surface area (TPSA) is 3.01 Å². The molecule has 0 radical (unpaired) electrons. The highest BCUT2D eigenvalue weighted by molar-refractivity contribution is 9.10. The molecule has 1 nitrogen and oxygen atoms in total. The van der Waals surface area contributed by atoms with E-state index in [1.54, 1.807) is 5.71 Å². The number of nitrogens with zero attached hydrogens (tertiary/aromatic N) is 1. The van der Waals surface area contributed by atoms with E-state index in [0.717, 1.165) is 0 Å². The summed E-state index contributed by atoms with van der Waals surface area (Å²) >= 11 is 3.56. The number of hydrogen-bond acceptors (Lipinski definition) is 0. The molecule has 0 saturated carbocycles. The molecule has 2 aliphatic rings. The summed E-state index contributed by atoms with van der Waals surface area (Å²) in [5.74, 6) is 0. The van der Waals surface area contributed by atoms with Gasteiger partial charge in [-0.15, -0.1) is 0 Å². The minimum absolute atomic E-state index is 0. The summed E-state index contributed by atoms with van der Waals surface area (Å²) in [6.45, 7) is 2.49. The average Bonchev–Trinajstić information content (AvgIpc) is 2.65. The van der Waals surface area contributed by atoms with Gasteiger partial charge in [0.05, 0.1) is 0 Å². The van der Waals surface area contributed by atoms with Crippen molar-refractivity contribution in [3.63, 3.8) is 0 Å². The van der Waals surface area contributed by atoms with Crippen LogP contribution in [0.1, 0.15) is 24.0 Å². The van der Waals surface area contributed by atoms with Gasteiger partial charge in [0.25, 0.3) is 0 Å². The van der Waals surface area contributed by atoms with Crippen molar-refractivity contribution in [2.75, 3.05) is 13.1 Å². The predicted octanol–water partition coefficient (Wildman–Crippen LogP) is -0.395. The Bertz CT molecular complexity index is 426. The van der Waals surface area contributed by atoms with Gasteiger partial charge < -0.3 is 24.0 Å². The lowest BCUT2D eigenvalue weighted by atomic mass is 9.96. The zero-order valence-corrected chi connectivity index (χ0v) is 12.2. The Morgan fingerprint density at radius 3 is 2.87 bits per heavy atom. The molecule has 0 bridgehead atoms. The second kappa shape index (κ2) is 4.53. The zero-order valence-electron chi connectivity index (χ0n) is 8.47. The van der Waals surface area contributed by atoms with E-state index in [4.69, 9.17) is 0 Å². The van der Waals surface area contributed by atoms with E-state index in [2.05, 4.69) is 38.7 Å². The maximum Gasteiger partial charge on any atom is 0.183 e. The van der Waals surface area contributed by atoms with Crippen LogP contribution in [0.15, 0.2) is 22.7 Å². The van der Waals surface area contributed by atoms with Gasteiger partial charge in [0.1, 0.15) is 13.1 Å². The fourth-order valence-corrected chi connectivity index (χ4v) is 2.93. The standard InChI is InChI=1S/C12H13BrN.HI/c13-10-4-3-9-5-7-14-6-1-2-12(14)11(9)8-10;/h3-4,8H,1-2,5-7H2;1H/q+1;/p-1. The van der Waals surface area contributed by atoms with Gasteiger partial charge in [-0.05, 0) is 17.7 Å². The van der Waals surface area contributed by atoms with Gasteiger partial charge in [-0.3, -0.25) is 0 Å². The largest absolute Gasteiger partial charge is 1.00 e. The third kappa shape index (κ3) is 2.00. The van der Waals surface area contributed by atoms with Crippen LogP contribution in [0.3, 0.4) is 0 Å². The summed E-state index contributed by atoms with van der Waals surface area (Å²) in [6, 6.07) is 6.70. The van der Waals surface area contributed by atoms with Crippen molar-refractivity contribution in [2.24, 2.45) is 0 Å². The molecule has 0 N–H and O–H groups in total. The molecule has 1 aromatic rings. The second-order valence-corrected chi connectivity index (χ2v) is 5.00. The van der Waals surface area contributed by atoms with Crippen molar-refractivity contribution in [1.82, 2.24) is 0 Å². The summed E-state index contributed by atoms with van der Waals surface area (Å²) < 4.78 is 3.76. The molecule has 0 aromatic heterocycles. The Morgan fingerprint density at radius 2 is 2.00 bits per heavy atom. The Kier molecular flexibility index (Phi) is 3.50. The molecule has 80 valence electrons. The maximum absolute atomic E-state index is 3.56. The molecule has 1 aromatic carbocycles. The van der Waals surface area contributed by atoms with Crippen molar-refractivity contribution in [3.05, 3.63) is 33.8 Å². The Hall–Kier alpha value is 0.1000. The molecule has 3 rings (SSSR count). The third-order valence-electron chi connectivity index (χ3n) is 3.26. The summed E-state index contributed by atoms with van der Waals surface area (Å²) in [4.78, 5) is 0. The Balaban J connectivity index is 0.000000853. The lowest BCUT2D eigenvalue weighted by molar-refractivity contribution is -0.520. The van der Waals surface area contributed by atoms with Crippen molar-refractivity contribution in [3.8, 4) is 0 Å². The van der Waals surface area contributed by atoms with E-state index in [0.29, 0.717) is 0 Å². The fraction of sp³-hybridized carbons (Fsp3) is 0.417. The first-order valence-corrected chi connectivity index (χ1v) is 6.03. The van der Waals surface area contributed by atoms with Crippen LogP contribution < -0.4 is 24.0 Å². The lowest BCUT2D eigenvalue weighted by Crippen LogP contribution is -3.00. The molecule has 2 aliphatic heterocycles. The summed E-state index contributed by atoms with van der Waals surface area (Å²) in [6.07, 6.45) is 3.82. The Labute approximate surface area is 116 Å². The van der Waals surface area contributed by atoms with Crippen LogP contribution in [-0.2, 0) is 6.42 Å². The predicted molar refractivity (Wildman–Crippen MR) is 61.2 cm³/mol. The maximum atomic E-state index is 3.56. The minimum Gasteiger partial charge on any atom is -1.00 e. The van der Waals surface area contributed by atoms with Crippen molar-refractivity contribution >= 4 is 21.6 Å². The highest BCUT2D eigenvalue weighted by atomic mass is 127. The van der Waals surface area contributed by atoms with Crippen LogP contribution in [0.25, 0.3) is 0 Å². The van der Waals surface area contributed by atoms with Gasteiger partial charge in [-0.2, -0.15) is 0 Å². The van der Waals surface area contributed by atoms with Crippen LogP contribution in [-0.4, -0.2) is 23.4 Å². The molecule has 0 unspecified atom stereocenters. The lowest BCUT2D eigenvalue weighted by Gasteiger charge is -2.13. The first-order valence-electron chi connectivity index (χ1n) is 5.24. The Morgan fingerprint density at radius 1 is 1.13 bits per heavy atom. The number of fused-ring (bicyclic) bond motifs is 2. The monoisotopic (exact) mass is 377 g/mol. The fourth-order valence-electron chi connectivity index (χ4n) is 2.57. The molecule has 0 atom stereocenters. The van der Waals surface area contributed by atoms with E-state index in [1.165, 1.54) is 48.0 Å². The second-order valence-electron chi connectivity index (χ2n) is 4.09. The normalized spacial score (nSPS) is 18.2. The van der Waals surface area contributed by atoms with Crippen LogP contribution in [0.4, 0.5) is 0 Å². The first kappa shape index (κ1) is 11.6. The van der Waals surface area contributed by atoms with E-state index in [9.17, 15) is 0 Å². The van der Waals surface area contributed by atoms with Crippen LogP contribution in [0.2, 0.25) is 0 Å². The molecule has 0 fully saturated rings. The van der Waals surface area contributed by atoms with Crippen molar-refractivity contribution in [1.29, 1.82) is 0 Å². The van der Waals surface area contributed by atoms with Crippen LogP contribution in [0, 0.1) is 0 Å².